The lowest BCUT2D eigenvalue weighted by atomic mass is 10.1. The maximum absolute atomic E-state index is 9.89. The van der Waals surface area contributed by atoms with Gasteiger partial charge < -0.3 is 19.8 Å². The van der Waals surface area contributed by atoms with E-state index in [1.807, 2.05) is 66.7 Å². The molecule has 152 valence electrons. The number of phenolic OH excluding ortho intramolecular Hbond substituents is 2. The van der Waals surface area contributed by atoms with Crippen molar-refractivity contribution in [3.63, 3.8) is 0 Å². The molecule has 31 heavy (non-hydrogen) atoms. The third kappa shape index (κ3) is 4.63. The number of hydrogen-bond acceptors (Lipinski definition) is 4. The molecule has 4 aromatic rings. The summed E-state index contributed by atoms with van der Waals surface area (Å²) in [6.45, 7) is 0. The van der Waals surface area contributed by atoms with Crippen LogP contribution in [0.5, 0.6) is 17.2 Å². The molecular formula is C27H21NO3. The Bertz CT molecular complexity index is 1220. The van der Waals surface area contributed by atoms with Crippen LogP contribution < -0.4 is 9.64 Å². The van der Waals surface area contributed by atoms with Gasteiger partial charge in [-0.2, -0.15) is 0 Å². The van der Waals surface area contributed by atoms with E-state index < -0.39 is 0 Å². The van der Waals surface area contributed by atoms with E-state index in [0.717, 1.165) is 28.4 Å². The van der Waals surface area contributed by atoms with Gasteiger partial charge in [0.05, 0.1) is 12.7 Å². The summed E-state index contributed by atoms with van der Waals surface area (Å²) in [7, 11) is 1.65. The summed E-state index contributed by atoms with van der Waals surface area (Å²) in [6, 6.07) is 30.2. The van der Waals surface area contributed by atoms with Crippen molar-refractivity contribution in [2.45, 2.75) is 0 Å². The zero-order valence-electron chi connectivity index (χ0n) is 17.0. The largest absolute Gasteiger partial charge is 0.508 e. The molecule has 0 radical (unpaired) electrons. The lowest BCUT2D eigenvalue weighted by Gasteiger charge is -2.25. The summed E-state index contributed by atoms with van der Waals surface area (Å²) in [5.74, 6) is 6.85. The summed E-state index contributed by atoms with van der Waals surface area (Å²) in [4.78, 5) is 2.15. The maximum atomic E-state index is 9.89. The summed E-state index contributed by atoms with van der Waals surface area (Å²) in [5.41, 5.74) is 4.22. The zero-order chi connectivity index (χ0) is 21.6. The maximum Gasteiger partial charge on any atom is 0.131 e. The number of para-hydroxylation sites is 1. The van der Waals surface area contributed by atoms with E-state index in [4.69, 9.17) is 4.74 Å². The van der Waals surface area contributed by atoms with Crippen molar-refractivity contribution < 1.29 is 14.9 Å². The SMILES string of the molecule is COc1ccc(N(c2ccccc2)c2ccc(C#Cc3cc(O)ccc3O)cc2)cc1. The standard InChI is InChI=1S/C27H21NO3/c1-31-26-16-13-24(14-17-26)28(22-5-3-2-4-6-22)23-11-8-20(9-12-23)7-10-21-19-25(29)15-18-27(21)30/h2-6,8-9,11-19,29-30H,1H3. The number of ether oxygens (including phenoxy) is 1. The molecule has 0 aromatic heterocycles. The molecule has 4 rings (SSSR count). The summed E-state index contributed by atoms with van der Waals surface area (Å²) in [5, 5.41) is 19.5. The van der Waals surface area contributed by atoms with E-state index in [1.54, 1.807) is 7.11 Å². The Balaban J connectivity index is 1.67. The molecule has 0 saturated carbocycles. The first-order chi connectivity index (χ1) is 15.1. The second-order valence-electron chi connectivity index (χ2n) is 6.87. The molecule has 0 aliphatic rings. The second-order valence-corrected chi connectivity index (χ2v) is 6.87. The van der Waals surface area contributed by atoms with Gasteiger partial charge in [-0.05, 0) is 78.9 Å². The molecule has 0 heterocycles. The molecule has 0 aliphatic heterocycles. The molecule has 0 bridgehead atoms. The molecule has 0 spiro atoms. The molecule has 0 fully saturated rings. The van der Waals surface area contributed by atoms with E-state index >= 15 is 0 Å². The van der Waals surface area contributed by atoms with E-state index in [-0.39, 0.29) is 11.5 Å². The molecule has 4 heteroatoms. The van der Waals surface area contributed by atoms with E-state index in [0.29, 0.717) is 5.56 Å². The Morgan fingerprint density at radius 3 is 1.94 bits per heavy atom. The predicted octanol–water partition coefficient (Wildman–Crippen LogP) is 5.98. The Hall–Kier alpha value is -4.36. The number of rotatable bonds is 4. The first-order valence-electron chi connectivity index (χ1n) is 9.77. The first-order valence-corrected chi connectivity index (χ1v) is 9.77. The van der Waals surface area contributed by atoms with Crippen molar-refractivity contribution in [3.05, 3.63) is 108 Å². The van der Waals surface area contributed by atoms with Gasteiger partial charge in [0.2, 0.25) is 0 Å². The zero-order valence-corrected chi connectivity index (χ0v) is 17.0. The minimum absolute atomic E-state index is 0.0386. The third-order valence-electron chi connectivity index (χ3n) is 4.79. The Labute approximate surface area is 181 Å². The molecule has 0 aliphatic carbocycles. The smallest absolute Gasteiger partial charge is 0.131 e. The minimum Gasteiger partial charge on any atom is -0.508 e. The first kappa shape index (κ1) is 19.9. The number of anilines is 3. The number of phenols is 2. The summed E-state index contributed by atoms with van der Waals surface area (Å²) in [6.07, 6.45) is 0. The Morgan fingerprint density at radius 2 is 1.29 bits per heavy atom. The highest BCUT2D eigenvalue weighted by Crippen LogP contribution is 2.35. The highest BCUT2D eigenvalue weighted by molar-refractivity contribution is 5.77. The lowest BCUT2D eigenvalue weighted by Crippen LogP contribution is -2.09. The van der Waals surface area contributed by atoms with Crippen molar-refractivity contribution in [1.82, 2.24) is 0 Å². The molecule has 0 amide bonds. The Kier molecular flexibility index (Phi) is 5.77. The van der Waals surface area contributed by atoms with Crippen molar-refractivity contribution in [1.29, 1.82) is 0 Å². The molecule has 0 unspecified atom stereocenters. The fourth-order valence-electron chi connectivity index (χ4n) is 3.21. The van der Waals surface area contributed by atoms with Gasteiger partial charge in [0.1, 0.15) is 17.2 Å². The fourth-order valence-corrected chi connectivity index (χ4v) is 3.21. The number of nitrogens with zero attached hydrogens (tertiary/aromatic N) is 1. The van der Waals surface area contributed by atoms with Crippen molar-refractivity contribution in [2.75, 3.05) is 12.0 Å². The summed E-state index contributed by atoms with van der Waals surface area (Å²) >= 11 is 0. The average Bonchev–Trinajstić information content (AvgIpc) is 2.82. The van der Waals surface area contributed by atoms with Crippen LogP contribution in [0.2, 0.25) is 0 Å². The van der Waals surface area contributed by atoms with Gasteiger partial charge in [-0.25, -0.2) is 0 Å². The Morgan fingerprint density at radius 1 is 0.677 bits per heavy atom. The van der Waals surface area contributed by atoms with E-state index in [9.17, 15) is 10.2 Å². The van der Waals surface area contributed by atoms with Gasteiger partial charge in [0.15, 0.2) is 0 Å². The predicted molar refractivity (Wildman–Crippen MR) is 123 cm³/mol. The van der Waals surface area contributed by atoms with Gasteiger partial charge in [-0.3, -0.25) is 0 Å². The van der Waals surface area contributed by atoms with Gasteiger partial charge in [-0.1, -0.05) is 30.0 Å². The third-order valence-corrected chi connectivity index (χ3v) is 4.79. The van der Waals surface area contributed by atoms with Crippen LogP contribution in [-0.4, -0.2) is 17.3 Å². The highest BCUT2D eigenvalue weighted by atomic mass is 16.5. The van der Waals surface area contributed by atoms with Crippen LogP contribution in [0.25, 0.3) is 0 Å². The van der Waals surface area contributed by atoms with Gasteiger partial charge in [0, 0.05) is 22.6 Å². The molecule has 2 N–H and O–H groups in total. The molecular weight excluding hydrogens is 386 g/mol. The van der Waals surface area contributed by atoms with E-state index in [1.165, 1.54) is 18.2 Å². The highest BCUT2D eigenvalue weighted by Gasteiger charge is 2.12. The van der Waals surface area contributed by atoms with Crippen LogP contribution in [0, 0.1) is 11.8 Å². The number of aromatic hydroxyl groups is 2. The normalized spacial score (nSPS) is 10.1. The van der Waals surface area contributed by atoms with Crippen LogP contribution in [-0.2, 0) is 0 Å². The van der Waals surface area contributed by atoms with Crippen LogP contribution in [0.15, 0.2) is 97.1 Å². The number of benzene rings is 4. The van der Waals surface area contributed by atoms with Crippen LogP contribution >= 0.6 is 0 Å². The van der Waals surface area contributed by atoms with Gasteiger partial charge in [0.25, 0.3) is 0 Å². The fraction of sp³-hybridized carbons (Fsp3) is 0.0370. The lowest BCUT2D eigenvalue weighted by molar-refractivity contribution is 0.415. The minimum atomic E-state index is 0.0386. The number of hydrogen-bond donors (Lipinski definition) is 2. The second kappa shape index (κ2) is 8.98. The quantitative estimate of drug-likeness (QED) is 0.323. The van der Waals surface area contributed by atoms with Crippen molar-refractivity contribution in [2.24, 2.45) is 0 Å². The molecule has 4 aromatic carbocycles. The van der Waals surface area contributed by atoms with Crippen molar-refractivity contribution in [3.8, 4) is 29.1 Å². The molecule has 4 nitrogen and oxygen atoms in total. The van der Waals surface area contributed by atoms with Crippen LogP contribution in [0.1, 0.15) is 11.1 Å². The molecule has 0 atom stereocenters. The number of methoxy groups -OCH3 is 1. The monoisotopic (exact) mass is 407 g/mol. The van der Waals surface area contributed by atoms with Crippen LogP contribution in [0.3, 0.4) is 0 Å². The van der Waals surface area contributed by atoms with E-state index in [2.05, 4.69) is 28.9 Å². The van der Waals surface area contributed by atoms with Gasteiger partial charge in [-0.15, -0.1) is 0 Å². The average molecular weight is 407 g/mol. The molecule has 0 saturated heterocycles. The van der Waals surface area contributed by atoms with Gasteiger partial charge >= 0.3 is 0 Å². The van der Waals surface area contributed by atoms with Crippen LogP contribution in [0.4, 0.5) is 17.1 Å². The van der Waals surface area contributed by atoms with Crippen molar-refractivity contribution >= 4 is 17.1 Å². The summed E-state index contributed by atoms with van der Waals surface area (Å²) < 4.78 is 5.29. The topological polar surface area (TPSA) is 52.9 Å².